The zero-order chi connectivity index (χ0) is 17.2. The minimum Gasteiger partial charge on any atom is -0.352 e. The van der Waals surface area contributed by atoms with Crippen LogP contribution in [-0.2, 0) is 17.8 Å². The SMILES string of the molecule is CN=C(NCC(=O)N(C)CCc1ccccn1)NCc1ccsc1.I. The monoisotopic (exact) mass is 473 g/mol. The lowest BCUT2D eigenvalue weighted by molar-refractivity contribution is -0.128. The van der Waals surface area contributed by atoms with Gasteiger partial charge in [0.05, 0.1) is 6.54 Å². The van der Waals surface area contributed by atoms with E-state index in [0.29, 0.717) is 19.0 Å². The Kier molecular flexibility index (Phi) is 10.1. The lowest BCUT2D eigenvalue weighted by atomic mass is 10.2. The van der Waals surface area contributed by atoms with E-state index in [0.717, 1.165) is 12.1 Å². The number of pyridine rings is 1. The molecule has 136 valence electrons. The Morgan fingerprint density at radius 2 is 2.16 bits per heavy atom. The van der Waals surface area contributed by atoms with Gasteiger partial charge in [0.2, 0.25) is 5.91 Å². The molecule has 0 bridgehead atoms. The van der Waals surface area contributed by atoms with E-state index >= 15 is 0 Å². The number of aliphatic imine (C=N–C) groups is 1. The first-order valence-corrected chi connectivity index (χ1v) is 8.73. The number of halogens is 1. The van der Waals surface area contributed by atoms with Gasteiger partial charge in [0.1, 0.15) is 0 Å². The van der Waals surface area contributed by atoms with E-state index in [9.17, 15) is 4.79 Å². The number of guanidine groups is 1. The molecule has 0 radical (unpaired) electrons. The molecule has 0 aromatic carbocycles. The zero-order valence-electron chi connectivity index (χ0n) is 14.4. The highest BCUT2D eigenvalue weighted by atomic mass is 127. The number of hydrogen-bond acceptors (Lipinski definition) is 4. The lowest BCUT2D eigenvalue weighted by Gasteiger charge is -2.18. The van der Waals surface area contributed by atoms with Crippen molar-refractivity contribution in [2.24, 2.45) is 4.99 Å². The molecule has 0 saturated heterocycles. The fraction of sp³-hybridized carbons (Fsp3) is 0.353. The fourth-order valence-corrected chi connectivity index (χ4v) is 2.72. The summed E-state index contributed by atoms with van der Waals surface area (Å²) in [5, 5.41) is 10.4. The minimum absolute atomic E-state index is 0. The molecule has 0 aliphatic heterocycles. The maximum absolute atomic E-state index is 12.2. The van der Waals surface area contributed by atoms with Crippen molar-refractivity contribution >= 4 is 47.2 Å². The van der Waals surface area contributed by atoms with E-state index in [1.54, 1.807) is 36.5 Å². The highest BCUT2D eigenvalue weighted by Gasteiger charge is 2.09. The van der Waals surface area contributed by atoms with E-state index in [-0.39, 0.29) is 36.4 Å². The van der Waals surface area contributed by atoms with Crippen LogP contribution >= 0.6 is 35.3 Å². The molecule has 2 rings (SSSR count). The van der Waals surface area contributed by atoms with Crippen molar-refractivity contribution in [2.75, 3.05) is 27.2 Å². The molecular formula is C17H24IN5OS. The van der Waals surface area contributed by atoms with Gasteiger partial charge in [-0.15, -0.1) is 24.0 Å². The summed E-state index contributed by atoms with van der Waals surface area (Å²) in [5.74, 6) is 0.636. The number of nitrogens with zero attached hydrogens (tertiary/aromatic N) is 3. The Morgan fingerprint density at radius 3 is 2.80 bits per heavy atom. The number of carbonyl (C=O) groups is 1. The molecule has 2 N–H and O–H groups in total. The standard InChI is InChI=1S/C17H23N5OS.HI/c1-18-17(20-11-14-7-10-24-13-14)21-12-16(23)22(2)9-6-15-5-3-4-8-19-15;/h3-5,7-8,10,13H,6,9,11-12H2,1-2H3,(H2,18,20,21);1H. The van der Waals surface area contributed by atoms with Crippen molar-refractivity contribution in [2.45, 2.75) is 13.0 Å². The summed E-state index contributed by atoms with van der Waals surface area (Å²) in [4.78, 5) is 22.3. The van der Waals surface area contributed by atoms with Gasteiger partial charge in [-0.25, -0.2) is 0 Å². The molecule has 0 unspecified atom stereocenters. The van der Waals surface area contributed by atoms with Gasteiger partial charge in [-0.3, -0.25) is 14.8 Å². The van der Waals surface area contributed by atoms with Crippen LogP contribution in [0.5, 0.6) is 0 Å². The number of likely N-dealkylation sites (N-methyl/N-ethyl adjacent to an activating group) is 1. The van der Waals surface area contributed by atoms with Gasteiger partial charge in [-0.05, 0) is 34.5 Å². The van der Waals surface area contributed by atoms with Crippen molar-refractivity contribution in [1.29, 1.82) is 0 Å². The van der Waals surface area contributed by atoms with Gasteiger partial charge in [0.15, 0.2) is 5.96 Å². The molecule has 1 amide bonds. The molecule has 2 aromatic rings. The van der Waals surface area contributed by atoms with E-state index in [1.165, 1.54) is 5.56 Å². The Hall–Kier alpha value is -1.68. The second-order valence-electron chi connectivity index (χ2n) is 5.30. The van der Waals surface area contributed by atoms with Crippen LogP contribution in [0.1, 0.15) is 11.3 Å². The van der Waals surface area contributed by atoms with Gasteiger partial charge in [0, 0.05) is 45.5 Å². The molecule has 2 heterocycles. The topological polar surface area (TPSA) is 69.6 Å². The van der Waals surface area contributed by atoms with Crippen LogP contribution in [0.3, 0.4) is 0 Å². The predicted octanol–water partition coefficient (Wildman–Crippen LogP) is 2.13. The number of nitrogens with one attached hydrogen (secondary N) is 2. The van der Waals surface area contributed by atoms with Crippen LogP contribution in [0.15, 0.2) is 46.2 Å². The van der Waals surface area contributed by atoms with Gasteiger partial charge >= 0.3 is 0 Å². The highest BCUT2D eigenvalue weighted by Crippen LogP contribution is 2.04. The Balaban J connectivity index is 0.00000312. The second-order valence-corrected chi connectivity index (χ2v) is 6.08. The van der Waals surface area contributed by atoms with Gasteiger partial charge < -0.3 is 15.5 Å². The summed E-state index contributed by atoms with van der Waals surface area (Å²) in [7, 11) is 3.49. The van der Waals surface area contributed by atoms with Crippen molar-refractivity contribution in [1.82, 2.24) is 20.5 Å². The first-order chi connectivity index (χ1) is 11.7. The maximum atomic E-state index is 12.2. The average Bonchev–Trinajstić information content (AvgIpc) is 3.14. The second kappa shape index (κ2) is 11.8. The van der Waals surface area contributed by atoms with Crippen LogP contribution in [0.2, 0.25) is 0 Å². The highest BCUT2D eigenvalue weighted by molar-refractivity contribution is 14.0. The van der Waals surface area contributed by atoms with E-state index in [4.69, 9.17) is 0 Å². The van der Waals surface area contributed by atoms with Crippen LogP contribution in [0, 0.1) is 0 Å². The van der Waals surface area contributed by atoms with Gasteiger partial charge in [0.25, 0.3) is 0 Å². The van der Waals surface area contributed by atoms with E-state index < -0.39 is 0 Å². The summed E-state index contributed by atoms with van der Waals surface area (Å²) >= 11 is 1.66. The largest absolute Gasteiger partial charge is 0.352 e. The summed E-state index contributed by atoms with van der Waals surface area (Å²) in [6.45, 7) is 1.54. The van der Waals surface area contributed by atoms with Crippen LogP contribution in [-0.4, -0.2) is 48.9 Å². The number of thiophene rings is 1. The number of rotatable bonds is 7. The molecule has 0 aliphatic rings. The number of amides is 1. The summed E-state index contributed by atoms with van der Waals surface area (Å²) in [6.07, 6.45) is 2.51. The van der Waals surface area contributed by atoms with Crippen LogP contribution in [0.25, 0.3) is 0 Å². The lowest BCUT2D eigenvalue weighted by Crippen LogP contribution is -2.43. The molecular weight excluding hydrogens is 449 g/mol. The Labute approximate surface area is 169 Å². The third-order valence-electron chi connectivity index (χ3n) is 3.53. The quantitative estimate of drug-likeness (QED) is 0.367. The average molecular weight is 473 g/mol. The normalized spacial score (nSPS) is 10.7. The fourth-order valence-electron chi connectivity index (χ4n) is 2.05. The van der Waals surface area contributed by atoms with E-state index in [1.807, 2.05) is 23.6 Å². The van der Waals surface area contributed by atoms with Gasteiger partial charge in [-0.1, -0.05) is 6.07 Å². The third kappa shape index (κ3) is 7.82. The van der Waals surface area contributed by atoms with Crippen LogP contribution < -0.4 is 10.6 Å². The molecule has 6 nitrogen and oxygen atoms in total. The van der Waals surface area contributed by atoms with E-state index in [2.05, 4.69) is 32.1 Å². The van der Waals surface area contributed by atoms with Crippen molar-refractivity contribution in [3.63, 3.8) is 0 Å². The zero-order valence-corrected chi connectivity index (χ0v) is 17.6. The molecule has 25 heavy (non-hydrogen) atoms. The van der Waals surface area contributed by atoms with Crippen molar-refractivity contribution < 1.29 is 4.79 Å². The third-order valence-corrected chi connectivity index (χ3v) is 4.26. The predicted molar refractivity (Wildman–Crippen MR) is 114 cm³/mol. The first-order valence-electron chi connectivity index (χ1n) is 7.78. The molecule has 0 spiro atoms. The number of carbonyl (C=O) groups excluding carboxylic acids is 1. The number of aromatic nitrogens is 1. The molecule has 0 fully saturated rings. The number of hydrogen-bond donors (Lipinski definition) is 2. The summed E-state index contributed by atoms with van der Waals surface area (Å²) in [5.41, 5.74) is 2.18. The minimum atomic E-state index is 0. The Morgan fingerprint density at radius 1 is 1.32 bits per heavy atom. The molecule has 0 atom stereocenters. The smallest absolute Gasteiger partial charge is 0.241 e. The first kappa shape index (κ1) is 21.4. The summed E-state index contributed by atoms with van der Waals surface area (Å²) < 4.78 is 0. The Bertz CT molecular complexity index is 648. The molecule has 2 aromatic heterocycles. The molecule has 0 aliphatic carbocycles. The van der Waals surface area contributed by atoms with Crippen molar-refractivity contribution in [3.8, 4) is 0 Å². The van der Waals surface area contributed by atoms with Crippen LogP contribution in [0.4, 0.5) is 0 Å². The summed E-state index contributed by atoms with van der Waals surface area (Å²) in [6, 6.07) is 7.86. The maximum Gasteiger partial charge on any atom is 0.241 e. The molecule has 8 heteroatoms. The molecule has 0 saturated carbocycles. The van der Waals surface area contributed by atoms with Gasteiger partial charge in [-0.2, -0.15) is 11.3 Å². The van der Waals surface area contributed by atoms with Crippen molar-refractivity contribution in [3.05, 3.63) is 52.5 Å².